The third-order valence-electron chi connectivity index (χ3n) is 2.60. The Bertz CT molecular complexity index is 320. The summed E-state index contributed by atoms with van der Waals surface area (Å²) in [6.45, 7) is 3.20. The topological polar surface area (TPSA) is 63.5 Å². The summed E-state index contributed by atoms with van der Waals surface area (Å²) < 4.78 is 0. The maximum Gasteiger partial charge on any atom is 0.277 e. The van der Waals surface area contributed by atoms with Crippen LogP contribution in [-0.4, -0.2) is 49.5 Å². The molecule has 0 saturated carbocycles. The molecule has 0 bridgehead atoms. The summed E-state index contributed by atoms with van der Waals surface area (Å²) in [6.07, 6.45) is 3.24. The van der Waals surface area contributed by atoms with Crippen LogP contribution in [0.3, 0.4) is 0 Å². The summed E-state index contributed by atoms with van der Waals surface area (Å²) in [6, 6.07) is 0. The van der Waals surface area contributed by atoms with Crippen molar-refractivity contribution in [2.75, 3.05) is 27.3 Å². The van der Waals surface area contributed by atoms with Crippen LogP contribution in [0.15, 0.2) is 10.3 Å². The molecule has 0 aromatic heterocycles. The largest absolute Gasteiger partial charge is 0.399 e. The average Bonchev–Trinajstić information content (AvgIpc) is 2.36. The predicted molar refractivity (Wildman–Crippen MR) is 65.0 cm³/mol. The average molecular weight is 241 g/mol. The Balaban J connectivity index is 2.80. The second-order valence-electron chi connectivity index (χ2n) is 3.83. The molecule has 0 radical (unpaired) electrons. The third-order valence-corrected chi connectivity index (χ3v) is 2.60. The van der Waals surface area contributed by atoms with Crippen molar-refractivity contribution in [1.82, 2.24) is 4.90 Å². The number of carbonyl (C=O) groups excluding carboxylic acids is 1. The lowest BCUT2D eigenvalue weighted by atomic mass is 10.1. The number of carbonyl (C=O) groups is 1. The summed E-state index contributed by atoms with van der Waals surface area (Å²) in [5.74, 6) is -0.148. The molecular formula is C11H19N3O3. The van der Waals surface area contributed by atoms with Gasteiger partial charge in [-0.05, 0) is 26.2 Å². The van der Waals surface area contributed by atoms with Crippen molar-refractivity contribution in [3.63, 3.8) is 0 Å². The van der Waals surface area contributed by atoms with Gasteiger partial charge in [-0.25, -0.2) is 0 Å². The van der Waals surface area contributed by atoms with Gasteiger partial charge in [0, 0.05) is 13.1 Å². The zero-order valence-corrected chi connectivity index (χ0v) is 10.6. The molecule has 0 atom stereocenters. The van der Waals surface area contributed by atoms with E-state index in [4.69, 9.17) is 0 Å². The van der Waals surface area contributed by atoms with Crippen molar-refractivity contribution in [1.29, 1.82) is 0 Å². The highest BCUT2D eigenvalue weighted by molar-refractivity contribution is 6.66. The number of rotatable bonds is 4. The number of nitrogens with zero attached hydrogens (tertiary/aromatic N) is 3. The van der Waals surface area contributed by atoms with Gasteiger partial charge in [0.15, 0.2) is 5.71 Å². The van der Waals surface area contributed by atoms with Gasteiger partial charge in [-0.1, -0.05) is 10.3 Å². The van der Waals surface area contributed by atoms with Gasteiger partial charge in [-0.3, -0.25) is 4.79 Å². The highest BCUT2D eigenvalue weighted by Crippen LogP contribution is 2.09. The van der Waals surface area contributed by atoms with Gasteiger partial charge < -0.3 is 14.6 Å². The molecule has 0 spiro atoms. The zero-order chi connectivity index (χ0) is 12.7. The van der Waals surface area contributed by atoms with Gasteiger partial charge >= 0.3 is 0 Å². The van der Waals surface area contributed by atoms with E-state index in [-0.39, 0.29) is 11.6 Å². The van der Waals surface area contributed by atoms with Crippen LogP contribution in [0.25, 0.3) is 0 Å². The molecule has 0 aliphatic carbocycles. The monoisotopic (exact) mass is 241 g/mol. The van der Waals surface area contributed by atoms with Gasteiger partial charge in [0.1, 0.15) is 19.9 Å². The van der Waals surface area contributed by atoms with Crippen molar-refractivity contribution in [3.8, 4) is 0 Å². The van der Waals surface area contributed by atoms with Crippen LogP contribution < -0.4 is 0 Å². The molecule has 6 heteroatoms. The minimum atomic E-state index is -0.148. The summed E-state index contributed by atoms with van der Waals surface area (Å²) >= 11 is 0. The molecule has 1 heterocycles. The molecule has 0 aromatic rings. The van der Waals surface area contributed by atoms with E-state index in [9.17, 15) is 4.79 Å². The maximum atomic E-state index is 12.2. The molecule has 0 N–H and O–H groups in total. The lowest BCUT2D eigenvalue weighted by Gasteiger charge is -2.26. The minimum absolute atomic E-state index is 0.148. The number of amides is 1. The first-order valence-corrected chi connectivity index (χ1v) is 5.69. The smallest absolute Gasteiger partial charge is 0.277 e. The molecule has 6 nitrogen and oxygen atoms in total. The molecule has 1 aliphatic heterocycles. The van der Waals surface area contributed by atoms with Crippen molar-refractivity contribution in [2.45, 2.75) is 26.2 Å². The Hall–Kier alpha value is -1.59. The summed E-state index contributed by atoms with van der Waals surface area (Å²) in [5.41, 5.74) is 0.626. The standard InChI is InChI=1S/C11H19N3O3/c1-9(12-16-2)10(13-17-3)11(15)14-7-5-4-6-8-14/h4-8H2,1-3H3. The van der Waals surface area contributed by atoms with Gasteiger partial charge in [0.2, 0.25) is 0 Å². The maximum absolute atomic E-state index is 12.2. The van der Waals surface area contributed by atoms with E-state index >= 15 is 0 Å². The minimum Gasteiger partial charge on any atom is -0.399 e. The Morgan fingerprint density at radius 3 is 2.18 bits per heavy atom. The molecule has 1 rings (SSSR count). The van der Waals surface area contributed by atoms with Gasteiger partial charge in [0.05, 0.1) is 0 Å². The number of piperidine rings is 1. The zero-order valence-electron chi connectivity index (χ0n) is 10.6. The fourth-order valence-corrected chi connectivity index (χ4v) is 1.78. The molecule has 0 aromatic carbocycles. The fraction of sp³-hybridized carbons (Fsp3) is 0.727. The Labute approximate surface area is 101 Å². The van der Waals surface area contributed by atoms with E-state index in [1.165, 1.54) is 20.6 Å². The summed E-state index contributed by atoms with van der Waals surface area (Å²) in [4.78, 5) is 23.3. The van der Waals surface area contributed by atoms with Crippen LogP contribution in [-0.2, 0) is 14.5 Å². The van der Waals surface area contributed by atoms with E-state index in [0.29, 0.717) is 5.71 Å². The van der Waals surface area contributed by atoms with E-state index in [1.54, 1.807) is 11.8 Å². The fourth-order valence-electron chi connectivity index (χ4n) is 1.78. The third kappa shape index (κ3) is 3.72. The summed E-state index contributed by atoms with van der Waals surface area (Å²) in [5, 5.41) is 7.45. The Kier molecular flexibility index (Phi) is 5.45. The lowest BCUT2D eigenvalue weighted by molar-refractivity contribution is -0.124. The first-order valence-electron chi connectivity index (χ1n) is 5.69. The number of oxime groups is 2. The van der Waals surface area contributed by atoms with E-state index < -0.39 is 0 Å². The number of hydrogen-bond acceptors (Lipinski definition) is 5. The molecule has 0 unspecified atom stereocenters. The normalized spacial score (nSPS) is 17.9. The summed E-state index contributed by atoms with van der Waals surface area (Å²) in [7, 11) is 2.84. The molecule has 1 saturated heterocycles. The number of likely N-dealkylation sites (tertiary alicyclic amines) is 1. The van der Waals surface area contributed by atoms with Crippen LogP contribution in [0.1, 0.15) is 26.2 Å². The van der Waals surface area contributed by atoms with Crippen molar-refractivity contribution >= 4 is 17.3 Å². The first kappa shape index (κ1) is 13.5. The quantitative estimate of drug-likeness (QED) is 0.545. The Morgan fingerprint density at radius 2 is 1.65 bits per heavy atom. The second-order valence-corrected chi connectivity index (χ2v) is 3.83. The highest BCUT2D eigenvalue weighted by Gasteiger charge is 2.24. The van der Waals surface area contributed by atoms with Crippen molar-refractivity contribution in [3.05, 3.63) is 0 Å². The van der Waals surface area contributed by atoms with Gasteiger partial charge in [-0.2, -0.15) is 0 Å². The SMILES string of the molecule is CON=C(C)C(=NOC)C(=O)N1CCCCC1. The van der Waals surface area contributed by atoms with Gasteiger partial charge in [0.25, 0.3) is 5.91 Å². The number of hydrogen-bond donors (Lipinski definition) is 0. The van der Waals surface area contributed by atoms with Crippen LogP contribution in [0, 0.1) is 0 Å². The highest BCUT2D eigenvalue weighted by atomic mass is 16.6. The lowest BCUT2D eigenvalue weighted by Crippen LogP contribution is -2.42. The Morgan fingerprint density at radius 1 is 1.06 bits per heavy atom. The van der Waals surface area contributed by atoms with E-state index in [2.05, 4.69) is 20.0 Å². The predicted octanol–water partition coefficient (Wildman–Crippen LogP) is 1.02. The van der Waals surface area contributed by atoms with Gasteiger partial charge in [-0.15, -0.1) is 0 Å². The first-order chi connectivity index (χ1) is 8.20. The molecule has 1 fully saturated rings. The second kappa shape index (κ2) is 6.88. The van der Waals surface area contributed by atoms with E-state index in [1.807, 2.05) is 0 Å². The molecular weight excluding hydrogens is 222 g/mol. The molecule has 17 heavy (non-hydrogen) atoms. The van der Waals surface area contributed by atoms with Crippen molar-refractivity contribution < 1.29 is 14.5 Å². The van der Waals surface area contributed by atoms with Crippen LogP contribution in [0.4, 0.5) is 0 Å². The van der Waals surface area contributed by atoms with Crippen LogP contribution in [0.5, 0.6) is 0 Å². The van der Waals surface area contributed by atoms with Crippen LogP contribution >= 0.6 is 0 Å². The van der Waals surface area contributed by atoms with Crippen molar-refractivity contribution in [2.24, 2.45) is 10.3 Å². The van der Waals surface area contributed by atoms with E-state index in [0.717, 1.165) is 25.9 Å². The molecule has 1 aliphatic rings. The van der Waals surface area contributed by atoms with Crippen LogP contribution in [0.2, 0.25) is 0 Å². The molecule has 1 amide bonds. The molecule has 96 valence electrons.